The standard InChI is InChI=1S/C11H15N3O5S/c15-10(16)5-13-4-9(3-12-13)20(18,19)14-6-11(17,7-14)8-1-2-8/h3-4,8,17H,1-2,5-7H2,(H,15,16). The van der Waals surface area contributed by atoms with Gasteiger partial charge in [-0.2, -0.15) is 9.40 Å². The van der Waals surface area contributed by atoms with Crippen LogP contribution in [0.1, 0.15) is 12.8 Å². The first-order chi connectivity index (χ1) is 9.31. The number of carboxylic acids is 1. The summed E-state index contributed by atoms with van der Waals surface area (Å²) in [5, 5.41) is 22.5. The van der Waals surface area contributed by atoms with Crippen LogP contribution in [0.2, 0.25) is 0 Å². The van der Waals surface area contributed by atoms with Gasteiger partial charge in [-0.3, -0.25) is 9.48 Å². The number of sulfonamides is 1. The molecule has 0 aromatic carbocycles. The van der Waals surface area contributed by atoms with Crippen LogP contribution < -0.4 is 0 Å². The van der Waals surface area contributed by atoms with Gasteiger partial charge < -0.3 is 10.2 Å². The van der Waals surface area contributed by atoms with Crippen molar-refractivity contribution in [3.8, 4) is 0 Å². The van der Waals surface area contributed by atoms with Crippen LogP contribution in [0.25, 0.3) is 0 Å². The average Bonchev–Trinajstić information content (AvgIpc) is 3.05. The highest BCUT2D eigenvalue weighted by Gasteiger charge is 2.55. The molecule has 3 rings (SSSR count). The summed E-state index contributed by atoms with van der Waals surface area (Å²) in [5.41, 5.74) is -0.885. The molecule has 0 atom stereocenters. The Morgan fingerprint density at radius 2 is 2.10 bits per heavy atom. The summed E-state index contributed by atoms with van der Waals surface area (Å²) >= 11 is 0. The fraction of sp³-hybridized carbons (Fsp3) is 0.636. The van der Waals surface area contributed by atoms with Gasteiger partial charge in [0.05, 0.1) is 11.8 Å². The van der Waals surface area contributed by atoms with Crippen molar-refractivity contribution in [3.63, 3.8) is 0 Å². The average molecular weight is 301 g/mol. The summed E-state index contributed by atoms with van der Waals surface area (Å²) in [7, 11) is -3.70. The molecule has 0 bridgehead atoms. The Balaban J connectivity index is 1.72. The summed E-state index contributed by atoms with van der Waals surface area (Å²) in [5.74, 6) is -0.882. The maximum atomic E-state index is 12.3. The number of rotatable bonds is 5. The van der Waals surface area contributed by atoms with Crippen molar-refractivity contribution in [3.05, 3.63) is 12.4 Å². The number of aliphatic hydroxyl groups is 1. The Morgan fingerprint density at radius 1 is 1.45 bits per heavy atom. The second-order valence-corrected chi connectivity index (χ2v) is 7.36. The predicted octanol–water partition coefficient (Wildman–Crippen LogP) is -0.887. The van der Waals surface area contributed by atoms with E-state index in [1.807, 2.05) is 0 Å². The molecule has 0 spiro atoms. The number of carbonyl (C=O) groups is 1. The second kappa shape index (κ2) is 4.27. The van der Waals surface area contributed by atoms with Crippen LogP contribution in [-0.4, -0.2) is 57.4 Å². The summed E-state index contributed by atoms with van der Waals surface area (Å²) in [6.07, 6.45) is 4.21. The fourth-order valence-electron chi connectivity index (χ4n) is 2.47. The summed E-state index contributed by atoms with van der Waals surface area (Å²) < 4.78 is 26.8. The normalized spacial score (nSPS) is 22.4. The van der Waals surface area contributed by atoms with Gasteiger partial charge in [0.2, 0.25) is 10.0 Å². The van der Waals surface area contributed by atoms with E-state index in [4.69, 9.17) is 5.11 Å². The summed E-state index contributed by atoms with van der Waals surface area (Å²) in [6.45, 7) is -0.185. The SMILES string of the molecule is O=C(O)Cn1cc(S(=O)(=O)N2CC(O)(C3CC3)C2)cn1. The third-order valence-electron chi connectivity index (χ3n) is 3.78. The van der Waals surface area contributed by atoms with E-state index in [0.717, 1.165) is 23.7 Å². The van der Waals surface area contributed by atoms with E-state index in [1.54, 1.807) is 0 Å². The van der Waals surface area contributed by atoms with Gasteiger partial charge in [-0.1, -0.05) is 0 Å². The quantitative estimate of drug-likeness (QED) is 0.730. The molecule has 2 fully saturated rings. The van der Waals surface area contributed by atoms with Gasteiger partial charge in [-0.05, 0) is 18.8 Å². The lowest BCUT2D eigenvalue weighted by Gasteiger charge is -2.45. The minimum absolute atomic E-state index is 0.0448. The van der Waals surface area contributed by atoms with E-state index in [0.29, 0.717) is 0 Å². The van der Waals surface area contributed by atoms with Crippen molar-refractivity contribution >= 4 is 16.0 Å². The number of aliphatic carboxylic acids is 1. The molecule has 2 aliphatic rings. The zero-order chi connectivity index (χ0) is 14.5. The topological polar surface area (TPSA) is 113 Å². The van der Waals surface area contributed by atoms with Crippen molar-refractivity contribution in [2.75, 3.05) is 13.1 Å². The molecule has 0 radical (unpaired) electrons. The number of β-amino-alcohol motifs (C(OH)–C–C–N with tert-alkyl or cyclic N) is 1. The van der Waals surface area contributed by atoms with Crippen molar-refractivity contribution in [2.45, 2.75) is 29.9 Å². The number of nitrogens with zero attached hydrogens (tertiary/aromatic N) is 3. The van der Waals surface area contributed by atoms with Crippen LogP contribution in [-0.2, 0) is 21.4 Å². The van der Waals surface area contributed by atoms with Crippen LogP contribution in [0.15, 0.2) is 17.3 Å². The molecule has 20 heavy (non-hydrogen) atoms. The Kier molecular flexibility index (Phi) is 2.89. The molecule has 1 aliphatic heterocycles. The molecule has 0 amide bonds. The molecule has 0 unspecified atom stereocenters. The summed E-state index contributed by atoms with van der Waals surface area (Å²) in [6, 6.07) is 0. The number of carboxylic acid groups (broad SMARTS) is 1. The Hall–Kier alpha value is -1.45. The number of hydrogen-bond acceptors (Lipinski definition) is 5. The lowest BCUT2D eigenvalue weighted by Crippen LogP contribution is -2.64. The molecule has 1 aromatic rings. The molecule has 1 saturated heterocycles. The third kappa shape index (κ3) is 2.21. The van der Waals surface area contributed by atoms with Crippen molar-refractivity contribution in [2.24, 2.45) is 5.92 Å². The van der Waals surface area contributed by atoms with E-state index in [9.17, 15) is 18.3 Å². The number of aromatic nitrogens is 2. The van der Waals surface area contributed by atoms with E-state index >= 15 is 0 Å². The first-order valence-electron chi connectivity index (χ1n) is 6.28. The Labute approximate surface area is 115 Å². The second-order valence-electron chi connectivity index (χ2n) is 5.42. The Bertz CT molecular complexity index is 643. The molecule has 2 N–H and O–H groups in total. The lowest BCUT2D eigenvalue weighted by molar-refractivity contribution is -0.137. The van der Waals surface area contributed by atoms with Gasteiger partial charge in [-0.25, -0.2) is 8.42 Å². The fourth-order valence-corrected chi connectivity index (χ4v) is 3.99. The molecule has 8 nitrogen and oxygen atoms in total. The van der Waals surface area contributed by atoms with Crippen molar-refractivity contribution in [1.82, 2.24) is 14.1 Å². The highest BCUT2D eigenvalue weighted by molar-refractivity contribution is 7.89. The van der Waals surface area contributed by atoms with E-state index in [1.165, 1.54) is 10.5 Å². The smallest absolute Gasteiger partial charge is 0.325 e. The number of hydrogen-bond donors (Lipinski definition) is 2. The molecule has 1 aliphatic carbocycles. The van der Waals surface area contributed by atoms with E-state index in [2.05, 4.69) is 5.10 Å². The van der Waals surface area contributed by atoms with Gasteiger partial charge >= 0.3 is 5.97 Å². The van der Waals surface area contributed by atoms with Crippen LogP contribution in [0.4, 0.5) is 0 Å². The van der Waals surface area contributed by atoms with Crippen LogP contribution in [0.5, 0.6) is 0 Å². The zero-order valence-corrected chi connectivity index (χ0v) is 11.5. The lowest BCUT2D eigenvalue weighted by atomic mass is 9.91. The minimum atomic E-state index is -3.70. The maximum absolute atomic E-state index is 12.3. The van der Waals surface area contributed by atoms with E-state index < -0.39 is 21.6 Å². The monoisotopic (exact) mass is 301 g/mol. The van der Waals surface area contributed by atoms with Crippen LogP contribution in [0.3, 0.4) is 0 Å². The molecule has 110 valence electrons. The zero-order valence-electron chi connectivity index (χ0n) is 10.6. The van der Waals surface area contributed by atoms with Gasteiger partial charge in [0.1, 0.15) is 11.4 Å². The van der Waals surface area contributed by atoms with Crippen molar-refractivity contribution in [1.29, 1.82) is 0 Å². The molecule has 1 saturated carbocycles. The highest BCUT2D eigenvalue weighted by atomic mass is 32.2. The van der Waals surface area contributed by atoms with Gasteiger partial charge in [0.25, 0.3) is 0 Å². The van der Waals surface area contributed by atoms with Gasteiger partial charge in [0.15, 0.2) is 0 Å². The molecular weight excluding hydrogens is 286 g/mol. The first kappa shape index (κ1) is 13.5. The van der Waals surface area contributed by atoms with Gasteiger partial charge in [-0.15, -0.1) is 0 Å². The minimum Gasteiger partial charge on any atom is -0.480 e. The molecule has 1 aromatic heterocycles. The third-order valence-corrected chi connectivity index (χ3v) is 5.53. The van der Waals surface area contributed by atoms with Crippen LogP contribution >= 0.6 is 0 Å². The van der Waals surface area contributed by atoms with Gasteiger partial charge in [0, 0.05) is 19.3 Å². The van der Waals surface area contributed by atoms with E-state index in [-0.39, 0.29) is 30.4 Å². The summed E-state index contributed by atoms with van der Waals surface area (Å²) in [4.78, 5) is 10.5. The maximum Gasteiger partial charge on any atom is 0.325 e. The first-order valence-corrected chi connectivity index (χ1v) is 7.72. The predicted molar refractivity (Wildman–Crippen MR) is 66.3 cm³/mol. The van der Waals surface area contributed by atoms with Crippen LogP contribution in [0, 0.1) is 5.92 Å². The molecular formula is C11H15N3O5S. The largest absolute Gasteiger partial charge is 0.480 e. The Morgan fingerprint density at radius 3 is 2.65 bits per heavy atom. The highest BCUT2D eigenvalue weighted by Crippen LogP contribution is 2.45. The molecule has 9 heteroatoms. The van der Waals surface area contributed by atoms with Crippen molar-refractivity contribution < 1.29 is 23.4 Å². The molecule has 2 heterocycles.